The molecule has 2 rings (SSSR count). The van der Waals surface area contributed by atoms with Crippen LogP contribution in [0.5, 0.6) is 5.75 Å². The lowest BCUT2D eigenvalue weighted by atomic mass is 10.0. The number of alkyl carbamates (subject to hydrolysis) is 1. The average molecular weight is 397 g/mol. The molecule has 0 fully saturated rings. The van der Waals surface area contributed by atoms with E-state index in [0.717, 1.165) is 6.07 Å². The lowest BCUT2D eigenvalue weighted by molar-refractivity contribution is -0.124. The third kappa shape index (κ3) is 5.29. The van der Waals surface area contributed by atoms with Crippen molar-refractivity contribution in [2.45, 2.75) is 52.8 Å². The molecule has 1 heterocycles. The molecular weight excluding hydrogens is 373 g/mol. The number of benzene rings is 1. The molecule has 148 valence electrons. The molecule has 1 aromatic heterocycles. The molecule has 27 heavy (non-hydrogen) atoms. The highest BCUT2D eigenvalue weighted by Crippen LogP contribution is 2.32. The number of hydrogen-bond acceptors (Lipinski definition) is 6. The number of halogens is 1. The fourth-order valence-electron chi connectivity index (χ4n) is 2.46. The number of rotatable bonds is 6. The zero-order chi connectivity index (χ0) is 20.3. The number of amides is 2. The molecule has 0 spiro atoms. The maximum absolute atomic E-state index is 13.4. The summed E-state index contributed by atoms with van der Waals surface area (Å²) in [6.07, 6.45) is -0.956. The van der Waals surface area contributed by atoms with Crippen molar-refractivity contribution >= 4 is 33.6 Å². The van der Waals surface area contributed by atoms with Gasteiger partial charge >= 0.3 is 6.09 Å². The number of hydrogen-bond donors (Lipinski definition) is 3. The summed E-state index contributed by atoms with van der Waals surface area (Å²) < 4.78 is 18.9. The minimum Gasteiger partial charge on any atom is -0.506 e. The lowest BCUT2D eigenvalue weighted by Crippen LogP contribution is -2.50. The number of fused-ring (bicyclic) bond motifs is 1. The second-order valence-corrected chi connectivity index (χ2v) is 7.94. The number of carbonyl (C=O) groups is 2. The number of phenolic OH excluding ortho intramolecular Hbond substituents is 1. The highest BCUT2D eigenvalue weighted by atomic mass is 32.1. The van der Waals surface area contributed by atoms with Crippen LogP contribution in [-0.4, -0.2) is 34.2 Å². The Morgan fingerprint density at radius 2 is 1.85 bits per heavy atom. The van der Waals surface area contributed by atoms with E-state index >= 15 is 0 Å². The molecule has 2 atom stereocenters. The molecular formula is C18H24FN3O4S. The molecule has 1 aromatic carbocycles. The zero-order valence-electron chi connectivity index (χ0n) is 15.9. The maximum atomic E-state index is 13.4. The summed E-state index contributed by atoms with van der Waals surface area (Å²) in [5.74, 6) is -1.35. The molecule has 0 unspecified atom stereocenters. The summed E-state index contributed by atoms with van der Waals surface area (Å²) >= 11 is 1.18. The van der Waals surface area contributed by atoms with Crippen LogP contribution in [0.1, 0.15) is 45.7 Å². The van der Waals surface area contributed by atoms with Gasteiger partial charge in [0.15, 0.2) is 0 Å². The number of ether oxygens (including phenoxy) is 1. The van der Waals surface area contributed by atoms with Crippen molar-refractivity contribution in [2.24, 2.45) is 5.92 Å². The van der Waals surface area contributed by atoms with Crippen LogP contribution in [0.25, 0.3) is 10.2 Å². The van der Waals surface area contributed by atoms with E-state index in [0.29, 0.717) is 9.71 Å². The van der Waals surface area contributed by atoms with Gasteiger partial charge in [0.05, 0.1) is 16.8 Å². The second kappa shape index (κ2) is 8.51. The average Bonchev–Trinajstić information content (AvgIpc) is 2.95. The van der Waals surface area contributed by atoms with E-state index in [1.54, 1.807) is 20.8 Å². The van der Waals surface area contributed by atoms with Crippen LogP contribution >= 0.6 is 11.3 Å². The largest absolute Gasteiger partial charge is 0.506 e. The van der Waals surface area contributed by atoms with Crippen molar-refractivity contribution in [3.8, 4) is 5.75 Å². The molecule has 2 amide bonds. The van der Waals surface area contributed by atoms with Crippen molar-refractivity contribution in [3.05, 3.63) is 23.0 Å². The van der Waals surface area contributed by atoms with Crippen molar-refractivity contribution < 1.29 is 23.8 Å². The van der Waals surface area contributed by atoms with Gasteiger partial charge in [0, 0.05) is 6.07 Å². The summed E-state index contributed by atoms with van der Waals surface area (Å²) in [4.78, 5) is 28.7. The van der Waals surface area contributed by atoms with Gasteiger partial charge < -0.3 is 20.5 Å². The number of phenols is 1. The summed E-state index contributed by atoms with van der Waals surface area (Å²) in [5, 5.41) is 15.7. The van der Waals surface area contributed by atoms with Gasteiger partial charge in [-0.05, 0) is 32.8 Å². The Bertz CT molecular complexity index is 837. The van der Waals surface area contributed by atoms with Gasteiger partial charge in [-0.15, -0.1) is 11.3 Å². The van der Waals surface area contributed by atoms with Crippen LogP contribution in [0.3, 0.4) is 0 Å². The summed E-state index contributed by atoms with van der Waals surface area (Å²) in [6.45, 7) is 8.79. The molecule has 0 saturated heterocycles. The first-order valence-electron chi connectivity index (χ1n) is 8.65. The number of nitrogens with zero attached hydrogens (tertiary/aromatic N) is 1. The molecule has 0 aliphatic rings. The first kappa shape index (κ1) is 20.9. The van der Waals surface area contributed by atoms with Crippen LogP contribution in [0, 0.1) is 11.7 Å². The van der Waals surface area contributed by atoms with Crippen molar-refractivity contribution in [1.82, 2.24) is 15.6 Å². The maximum Gasteiger partial charge on any atom is 0.408 e. The number of nitrogens with one attached hydrogen (secondary N) is 2. The van der Waals surface area contributed by atoms with Crippen LogP contribution in [0.2, 0.25) is 0 Å². The summed E-state index contributed by atoms with van der Waals surface area (Å²) in [6, 6.07) is 1.01. The molecule has 0 aliphatic heterocycles. The van der Waals surface area contributed by atoms with Crippen LogP contribution in [0.4, 0.5) is 9.18 Å². The Hall–Kier alpha value is -2.42. The standard InChI is InChI=1S/C18H24FN3O4S/c1-8(2)14(22-18(25)26-9(3)4)16(24)20-10(5)17-21-15-12(23)6-11(19)7-13(15)27-17/h6-10,14,23H,1-5H3,(H,20,24)(H,22,25)/t10-,14+/m1/s1. The van der Waals surface area contributed by atoms with Crippen molar-refractivity contribution in [3.63, 3.8) is 0 Å². The number of carbonyl (C=O) groups excluding carboxylic acids is 2. The molecule has 3 N–H and O–H groups in total. The monoisotopic (exact) mass is 397 g/mol. The van der Waals surface area contributed by atoms with Gasteiger partial charge in [-0.2, -0.15) is 0 Å². The summed E-state index contributed by atoms with van der Waals surface area (Å²) in [7, 11) is 0. The fourth-order valence-corrected chi connectivity index (χ4v) is 3.47. The van der Waals surface area contributed by atoms with E-state index in [9.17, 15) is 19.1 Å². The smallest absolute Gasteiger partial charge is 0.408 e. The number of thiazole rings is 1. The number of aromatic hydroxyl groups is 1. The normalized spacial score (nSPS) is 13.6. The molecule has 2 aromatic rings. The van der Waals surface area contributed by atoms with Gasteiger partial charge in [-0.25, -0.2) is 14.2 Å². The van der Waals surface area contributed by atoms with Gasteiger partial charge in [-0.1, -0.05) is 13.8 Å². The lowest BCUT2D eigenvalue weighted by Gasteiger charge is -2.23. The topological polar surface area (TPSA) is 101 Å². The van der Waals surface area contributed by atoms with Crippen molar-refractivity contribution in [2.75, 3.05) is 0 Å². The first-order chi connectivity index (χ1) is 12.6. The minimum atomic E-state index is -0.779. The third-order valence-corrected chi connectivity index (χ3v) is 4.94. The third-order valence-electron chi connectivity index (χ3n) is 3.75. The Balaban J connectivity index is 2.12. The van der Waals surface area contributed by atoms with E-state index in [2.05, 4.69) is 15.6 Å². The predicted molar refractivity (Wildman–Crippen MR) is 101 cm³/mol. The Morgan fingerprint density at radius 3 is 2.44 bits per heavy atom. The van der Waals surface area contributed by atoms with Gasteiger partial charge in [0.1, 0.15) is 28.1 Å². The Kier molecular flexibility index (Phi) is 6.59. The zero-order valence-corrected chi connectivity index (χ0v) is 16.7. The van der Waals surface area contributed by atoms with Gasteiger partial charge in [0.2, 0.25) is 5.91 Å². The van der Waals surface area contributed by atoms with Crippen LogP contribution in [0.15, 0.2) is 12.1 Å². The molecule has 7 nitrogen and oxygen atoms in total. The second-order valence-electron chi connectivity index (χ2n) is 6.87. The summed E-state index contributed by atoms with van der Waals surface area (Å²) in [5.41, 5.74) is 0.288. The molecule has 0 saturated carbocycles. The van der Waals surface area contributed by atoms with Crippen molar-refractivity contribution in [1.29, 1.82) is 0 Å². The number of aromatic nitrogens is 1. The first-order valence-corrected chi connectivity index (χ1v) is 9.46. The van der Waals surface area contributed by atoms with E-state index < -0.39 is 24.0 Å². The van der Waals surface area contributed by atoms with Crippen LogP contribution < -0.4 is 10.6 Å². The molecule has 9 heteroatoms. The predicted octanol–water partition coefficient (Wildman–Crippen LogP) is 3.48. The van der Waals surface area contributed by atoms with E-state index in [1.807, 2.05) is 13.8 Å². The highest BCUT2D eigenvalue weighted by molar-refractivity contribution is 7.18. The molecule has 0 bridgehead atoms. The highest BCUT2D eigenvalue weighted by Gasteiger charge is 2.27. The minimum absolute atomic E-state index is 0.162. The van der Waals surface area contributed by atoms with E-state index in [1.165, 1.54) is 17.4 Å². The van der Waals surface area contributed by atoms with E-state index in [-0.39, 0.29) is 29.2 Å². The SMILES string of the molecule is CC(C)OC(=O)N[C@H](C(=O)N[C@H](C)c1nc2c(O)cc(F)cc2s1)C(C)C. The van der Waals surface area contributed by atoms with E-state index in [4.69, 9.17) is 4.74 Å². The Morgan fingerprint density at radius 1 is 1.19 bits per heavy atom. The Labute approximate surface area is 160 Å². The molecule has 0 aliphatic carbocycles. The fraction of sp³-hybridized carbons (Fsp3) is 0.500. The van der Waals surface area contributed by atoms with Gasteiger partial charge in [0.25, 0.3) is 0 Å². The van der Waals surface area contributed by atoms with Gasteiger partial charge in [-0.3, -0.25) is 4.79 Å². The quantitative estimate of drug-likeness (QED) is 0.693. The molecule has 0 radical (unpaired) electrons. The van der Waals surface area contributed by atoms with Crippen LogP contribution in [-0.2, 0) is 9.53 Å².